The van der Waals surface area contributed by atoms with Crippen LogP contribution in [0.3, 0.4) is 0 Å². The average Bonchev–Trinajstić information content (AvgIpc) is 2.33. The van der Waals surface area contributed by atoms with Gasteiger partial charge in [0.1, 0.15) is 5.76 Å². The molecule has 0 amide bonds. The Kier molecular flexibility index (Phi) is 2.52. The van der Waals surface area contributed by atoms with Crippen LogP contribution in [0, 0.1) is 0 Å². The van der Waals surface area contributed by atoms with Gasteiger partial charge in [0.2, 0.25) is 0 Å². The zero-order chi connectivity index (χ0) is 8.27. The summed E-state index contributed by atoms with van der Waals surface area (Å²) < 4.78 is 5.05. The predicted octanol–water partition coefficient (Wildman–Crippen LogP) is 1.77. The Bertz CT molecular complexity index is 230. The van der Waals surface area contributed by atoms with E-state index < -0.39 is 0 Å². The van der Waals surface area contributed by atoms with Gasteiger partial charge < -0.3 is 10.3 Å². The summed E-state index contributed by atoms with van der Waals surface area (Å²) in [5.74, 6) is 1.50. The first-order chi connectivity index (χ1) is 5.29. The van der Waals surface area contributed by atoms with Crippen LogP contribution in [0.25, 0.3) is 0 Å². The highest BCUT2D eigenvalue weighted by Crippen LogP contribution is 2.17. The highest BCUT2D eigenvalue weighted by Gasteiger charge is 2.09. The lowest BCUT2D eigenvalue weighted by atomic mass is 10.1. The number of hydrogen-bond acceptors (Lipinski definition) is 3. The number of anilines is 1. The van der Waals surface area contributed by atoms with Crippen molar-refractivity contribution in [1.82, 2.24) is 5.16 Å². The summed E-state index contributed by atoms with van der Waals surface area (Å²) in [7, 11) is 0. The molecule has 0 aliphatic heterocycles. The number of nitrogens with zero attached hydrogens (tertiary/aromatic N) is 1. The lowest BCUT2D eigenvalue weighted by Gasteiger charge is -1.94. The highest BCUT2D eigenvalue weighted by molar-refractivity contribution is 5.40. The summed E-state index contributed by atoms with van der Waals surface area (Å²) in [6.45, 7) is 4.17. The molecule has 0 saturated heterocycles. The molecule has 0 spiro atoms. The maximum atomic E-state index is 5.58. The maximum Gasteiger partial charge on any atom is 0.170 e. The molecule has 1 aromatic rings. The van der Waals surface area contributed by atoms with Gasteiger partial charge in [-0.25, -0.2) is 0 Å². The Morgan fingerprint density at radius 1 is 1.45 bits per heavy atom. The minimum Gasteiger partial charge on any atom is -0.381 e. The van der Waals surface area contributed by atoms with Gasteiger partial charge in [0.25, 0.3) is 0 Å². The third-order valence-corrected chi connectivity index (χ3v) is 1.73. The third-order valence-electron chi connectivity index (χ3n) is 1.73. The molecule has 0 bridgehead atoms. The Balaban J connectivity index is 2.86. The minimum absolute atomic E-state index is 0.552. The van der Waals surface area contributed by atoms with Gasteiger partial charge in [0, 0.05) is 12.0 Å². The van der Waals surface area contributed by atoms with Crippen LogP contribution in [-0.2, 0) is 12.8 Å². The Morgan fingerprint density at radius 3 is 2.73 bits per heavy atom. The molecule has 3 heteroatoms. The highest BCUT2D eigenvalue weighted by atomic mass is 16.5. The second-order valence-electron chi connectivity index (χ2n) is 2.57. The van der Waals surface area contributed by atoms with Crippen LogP contribution in [0.1, 0.15) is 31.6 Å². The summed E-state index contributed by atoms with van der Waals surface area (Å²) in [5, 5.41) is 3.71. The van der Waals surface area contributed by atoms with Gasteiger partial charge >= 0.3 is 0 Å². The van der Waals surface area contributed by atoms with E-state index in [1.54, 1.807) is 0 Å². The maximum absolute atomic E-state index is 5.58. The van der Waals surface area contributed by atoms with Gasteiger partial charge in [0.15, 0.2) is 5.82 Å². The van der Waals surface area contributed by atoms with Crippen LogP contribution in [0.15, 0.2) is 4.52 Å². The van der Waals surface area contributed by atoms with E-state index >= 15 is 0 Å². The van der Waals surface area contributed by atoms with Crippen molar-refractivity contribution in [3.05, 3.63) is 11.3 Å². The fraction of sp³-hybridized carbons (Fsp3) is 0.625. The van der Waals surface area contributed by atoms with Crippen molar-refractivity contribution in [3.8, 4) is 0 Å². The van der Waals surface area contributed by atoms with E-state index in [1.807, 2.05) is 0 Å². The molecule has 1 aromatic heterocycles. The molecule has 11 heavy (non-hydrogen) atoms. The molecule has 0 radical (unpaired) electrons. The van der Waals surface area contributed by atoms with E-state index in [2.05, 4.69) is 19.0 Å². The summed E-state index contributed by atoms with van der Waals surface area (Å²) in [6.07, 6.45) is 2.92. The molecule has 1 heterocycles. The lowest BCUT2D eigenvalue weighted by Crippen LogP contribution is -1.92. The number of rotatable bonds is 3. The van der Waals surface area contributed by atoms with E-state index in [1.165, 1.54) is 0 Å². The van der Waals surface area contributed by atoms with Crippen molar-refractivity contribution >= 4 is 5.82 Å². The Labute approximate surface area is 66.6 Å². The van der Waals surface area contributed by atoms with Gasteiger partial charge in [-0.2, -0.15) is 0 Å². The van der Waals surface area contributed by atoms with Crippen LogP contribution in [0.5, 0.6) is 0 Å². The largest absolute Gasteiger partial charge is 0.381 e. The summed E-state index contributed by atoms with van der Waals surface area (Å²) >= 11 is 0. The van der Waals surface area contributed by atoms with E-state index in [4.69, 9.17) is 10.3 Å². The fourth-order valence-electron chi connectivity index (χ4n) is 1.16. The molecular formula is C8H14N2O. The minimum atomic E-state index is 0.552. The van der Waals surface area contributed by atoms with Crippen LogP contribution >= 0.6 is 0 Å². The van der Waals surface area contributed by atoms with Crippen molar-refractivity contribution in [1.29, 1.82) is 0 Å². The third kappa shape index (κ3) is 1.53. The van der Waals surface area contributed by atoms with Crippen LogP contribution in [0.2, 0.25) is 0 Å². The smallest absolute Gasteiger partial charge is 0.170 e. The summed E-state index contributed by atoms with van der Waals surface area (Å²) in [4.78, 5) is 0. The molecular weight excluding hydrogens is 140 g/mol. The number of aryl methyl sites for hydroxylation is 1. The van der Waals surface area contributed by atoms with Crippen LogP contribution in [0.4, 0.5) is 5.82 Å². The molecule has 0 aromatic carbocycles. The zero-order valence-corrected chi connectivity index (χ0v) is 7.05. The fourth-order valence-corrected chi connectivity index (χ4v) is 1.16. The van der Waals surface area contributed by atoms with Crippen molar-refractivity contribution in [2.45, 2.75) is 33.1 Å². The van der Waals surface area contributed by atoms with Gasteiger partial charge in [-0.15, -0.1) is 0 Å². The standard InChI is InChI=1S/C8H14N2O/c1-3-5-7-6(4-2)8(9)10-11-7/h3-5H2,1-2H3,(H2,9,10). The van der Waals surface area contributed by atoms with E-state index in [0.29, 0.717) is 5.82 Å². The number of nitrogen functional groups attached to an aromatic ring is 1. The second-order valence-corrected chi connectivity index (χ2v) is 2.57. The molecule has 0 saturated carbocycles. The normalized spacial score (nSPS) is 10.4. The number of nitrogens with two attached hydrogens (primary N) is 1. The molecule has 1 rings (SSSR count). The van der Waals surface area contributed by atoms with Crippen molar-refractivity contribution in [3.63, 3.8) is 0 Å². The molecule has 0 unspecified atom stereocenters. The number of aromatic nitrogens is 1. The zero-order valence-electron chi connectivity index (χ0n) is 7.05. The van der Waals surface area contributed by atoms with Crippen molar-refractivity contribution in [2.24, 2.45) is 0 Å². The first-order valence-electron chi connectivity index (χ1n) is 4.02. The first kappa shape index (κ1) is 8.11. The lowest BCUT2D eigenvalue weighted by molar-refractivity contribution is 0.383. The van der Waals surface area contributed by atoms with Gasteiger partial charge in [0.05, 0.1) is 0 Å². The molecule has 62 valence electrons. The SMILES string of the molecule is CCCc1onc(N)c1CC. The van der Waals surface area contributed by atoms with Gasteiger partial charge in [-0.3, -0.25) is 0 Å². The monoisotopic (exact) mass is 154 g/mol. The molecule has 0 fully saturated rings. The topological polar surface area (TPSA) is 52.0 Å². The first-order valence-corrected chi connectivity index (χ1v) is 4.02. The second kappa shape index (κ2) is 3.42. The predicted molar refractivity (Wildman–Crippen MR) is 44.3 cm³/mol. The van der Waals surface area contributed by atoms with E-state index in [0.717, 1.165) is 30.6 Å². The summed E-state index contributed by atoms with van der Waals surface area (Å²) in [6, 6.07) is 0. The molecule has 0 atom stereocenters. The van der Waals surface area contributed by atoms with Gasteiger partial charge in [-0.05, 0) is 12.8 Å². The summed E-state index contributed by atoms with van der Waals surface area (Å²) in [5.41, 5.74) is 6.65. The molecule has 3 nitrogen and oxygen atoms in total. The molecule has 0 aliphatic carbocycles. The van der Waals surface area contributed by atoms with Gasteiger partial charge in [-0.1, -0.05) is 19.0 Å². The molecule has 0 aliphatic rings. The Morgan fingerprint density at radius 2 is 2.18 bits per heavy atom. The van der Waals surface area contributed by atoms with E-state index in [9.17, 15) is 0 Å². The average molecular weight is 154 g/mol. The molecule has 2 N–H and O–H groups in total. The number of hydrogen-bond donors (Lipinski definition) is 1. The van der Waals surface area contributed by atoms with Crippen LogP contribution < -0.4 is 5.73 Å². The van der Waals surface area contributed by atoms with Crippen molar-refractivity contribution in [2.75, 3.05) is 5.73 Å². The Hall–Kier alpha value is -0.990. The quantitative estimate of drug-likeness (QED) is 0.721. The van der Waals surface area contributed by atoms with Crippen molar-refractivity contribution < 1.29 is 4.52 Å². The van der Waals surface area contributed by atoms with Crippen LogP contribution in [-0.4, -0.2) is 5.16 Å². The van der Waals surface area contributed by atoms with E-state index in [-0.39, 0.29) is 0 Å².